The van der Waals surface area contributed by atoms with E-state index in [1.54, 1.807) is 18.2 Å². The summed E-state index contributed by atoms with van der Waals surface area (Å²) in [6, 6.07) is 5.93. The van der Waals surface area contributed by atoms with Crippen LogP contribution in [0.25, 0.3) is 6.08 Å². The van der Waals surface area contributed by atoms with E-state index < -0.39 is 16.4 Å². The van der Waals surface area contributed by atoms with Gasteiger partial charge < -0.3 is 14.8 Å². The molecule has 0 unspecified atom stereocenters. The number of benzene rings is 1. The van der Waals surface area contributed by atoms with Gasteiger partial charge in [0.1, 0.15) is 0 Å². The standard InChI is InChI=1S/C12H13NO5S.C6H13N/c1-3-18-10-6-4-9(8-11(10)17-2)5-7-12(14)13-19(15)16;1-7-6-4-2-3-5-6/h4-8H,3H2,1-2H3;6-7H,2-5H2,1H3/b7-5+;. The molecule has 7 nitrogen and oxygen atoms in total. The largest absolute Gasteiger partial charge is 0.493 e. The minimum absolute atomic E-state index is 0.512. The lowest BCUT2D eigenvalue weighted by molar-refractivity contribution is -0.113. The van der Waals surface area contributed by atoms with Crippen LogP contribution in [0.15, 0.2) is 28.6 Å². The molecule has 1 aromatic rings. The number of hydrogen-bond donors (Lipinski definition) is 1. The van der Waals surface area contributed by atoms with Crippen LogP contribution in [0.3, 0.4) is 0 Å². The van der Waals surface area contributed by atoms with E-state index in [0.29, 0.717) is 23.7 Å². The van der Waals surface area contributed by atoms with Crippen molar-refractivity contribution in [2.24, 2.45) is 4.36 Å². The molecular weight excluding hydrogens is 356 g/mol. The molecule has 1 aliphatic carbocycles. The summed E-state index contributed by atoms with van der Waals surface area (Å²) >= 11 is 0. The van der Waals surface area contributed by atoms with Crippen LogP contribution in [-0.2, 0) is 15.3 Å². The van der Waals surface area contributed by atoms with Crippen molar-refractivity contribution in [2.75, 3.05) is 20.8 Å². The molecule has 1 aromatic carbocycles. The minimum atomic E-state index is -2.74. The Morgan fingerprint density at radius 3 is 2.50 bits per heavy atom. The van der Waals surface area contributed by atoms with Crippen molar-refractivity contribution in [1.29, 1.82) is 0 Å². The van der Waals surface area contributed by atoms with Gasteiger partial charge in [0, 0.05) is 12.1 Å². The predicted octanol–water partition coefficient (Wildman–Crippen LogP) is 2.84. The van der Waals surface area contributed by atoms with Crippen LogP contribution in [0, 0.1) is 0 Å². The molecule has 0 aromatic heterocycles. The Bertz CT molecular complexity index is 730. The van der Waals surface area contributed by atoms with Gasteiger partial charge in [0.15, 0.2) is 11.5 Å². The lowest BCUT2D eigenvalue weighted by atomic mass is 10.2. The second-order valence-corrected chi connectivity index (χ2v) is 6.21. The van der Waals surface area contributed by atoms with Gasteiger partial charge in [-0.05, 0) is 50.6 Å². The lowest BCUT2D eigenvalue weighted by Crippen LogP contribution is -2.20. The first-order valence-electron chi connectivity index (χ1n) is 8.51. The van der Waals surface area contributed by atoms with Gasteiger partial charge >= 0.3 is 10.5 Å². The van der Waals surface area contributed by atoms with Gasteiger partial charge in [0.25, 0.3) is 5.91 Å². The molecule has 0 heterocycles. The summed E-state index contributed by atoms with van der Waals surface area (Å²) in [5, 5.41) is 3.26. The van der Waals surface area contributed by atoms with Gasteiger partial charge in [-0.25, -0.2) is 0 Å². The Balaban J connectivity index is 0.000000401. The summed E-state index contributed by atoms with van der Waals surface area (Å²) in [6.45, 7) is 2.37. The molecular formula is C18H26N2O5S. The van der Waals surface area contributed by atoms with Crippen molar-refractivity contribution >= 4 is 22.5 Å². The Labute approximate surface area is 156 Å². The average molecular weight is 382 g/mol. The van der Waals surface area contributed by atoms with Crippen LogP contribution in [-0.4, -0.2) is 41.1 Å². The number of hydrogen-bond acceptors (Lipinski definition) is 6. The highest BCUT2D eigenvalue weighted by Crippen LogP contribution is 2.28. The summed E-state index contributed by atoms with van der Waals surface area (Å²) in [6.07, 6.45) is 8.17. The summed E-state index contributed by atoms with van der Waals surface area (Å²) < 4.78 is 33.7. The maximum Gasteiger partial charge on any atom is 0.319 e. The number of carbonyl (C=O) groups excluding carboxylic acids is 1. The van der Waals surface area contributed by atoms with Crippen LogP contribution < -0.4 is 14.8 Å². The zero-order valence-electron chi connectivity index (χ0n) is 15.4. The quantitative estimate of drug-likeness (QED) is 0.760. The maximum atomic E-state index is 11.0. The van der Waals surface area contributed by atoms with Crippen LogP contribution >= 0.6 is 0 Å². The van der Waals surface area contributed by atoms with E-state index in [4.69, 9.17) is 9.47 Å². The number of rotatable bonds is 6. The smallest absolute Gasteiger partial charge is 0.319 e. The van der Waals surface area contributed by atoms with Crippen LogP contribution in [0.4, 0.5) is 0 Å². The average Bonchev–Trinajstić information content (AvgIpc) is 3.15. The van der Waals surface area contributed by atoms with E-state index in [1.165, 1.54) is 38.9 Å². The second kappa shape index (κ2) is 12.2. The van der Waals surface area contributed by atoms with Gasteiger partial charge in [-0.2, -0.15) is 8.42 Å². The molecule has 144 valence electrons. The van der Waals surface area contributed by atoms with Gasteiger partial charge in [0.05, 0.1) is 13.7 Å². The highest BCUT2D eigenvalue weighted by atomic mass is 32.2. The number of nitrogens with one attached hydrogen (secondary N) is 1. The van der Waals surface area contributed by atoms with E-state index in [9.17, 15) is 13.2 Å². The van der Waals surface area contributed by atoms with Crippen molar-refractivity contribution in [3.63, 3.8) is 0 Å². The molecule has 0 bridgehead atoms. The maximum absolute atomic E-state index is 11.0. The Hall–Kier alpha value is -2.19. The van der Waals surface area contributed by atoms with E-state index in [1.807, 2.05) is 6.92 Å². The monoisotopic (exact) mass is 382 g/mol. The topological polar surface area (TPSA) is 94.1 Å². The van der Waals surface area contributed by atoms with Crippen molar-refractivity contribution in [3.8, 4) is 11.5 Å². The van der Waals surface area contributed by atoms with Gasteiger partial charge in [-0.3, -0.25) is 4.79 Å². The Morgan fingerprint density at radius 1 is 1.31 bits per heavy atom. The van der Waals surface area contributed by atoms with Gasteiger partial charge in [-0.1, -0.05) is 23.3 Å². The fraction of sp³-hybridized carbons (Fsp3) is 0.500. The van der Waals surface area contributed by atoms with Crippen molar-refractivity contribution in [1.82, 2.24) is 5.32 Å². The zero-order chi connectivity index (χ0) is 19.4. The summed E-state index contributed by atoms with van der Waals surface area (Å²) in [5.41, 5.74) is 0.667. The molecule has 0 atom stereocenters. The van der Waals surface area contributed by atoms with E-state index >= 15 is 0 Å². The first-order valence-corrected chi connectivity index (χ1v) is 9.54. The Kier molecular flexibility index (Phi) is 10.3. The van der Waals surface area contributed by atoms with Gasteiger partial charge in [-0.15, -0.1) is 0 Å². The molecule has 1 amide bonds. The fourth-order valence-corrected chi connectivity index (χ4v) is 2.76. The molecule has 1 fully saturated rings. The highest BCUT2D eigenvalue weighted by molar-refractivity contribution is 7.62. The third kappa shape index (κ3) is 8.26. The zero-order valence-corrected chi connectivity index (χ0v) is 16.2. The minimum Gasteiger partial charge on any atom is -0.493 e. The number of carbonyl (C=O) groups is 1. The Morgan fingerprint density at radius 2 is 2.00 bits per heavy atom. The SMILES string of the molecule is CCOc1ccc(/C=C/C(=O)N=S(=O)=O)cc1OC.CNC1CCCC1. The number of amides is 1. The predicted molar refractivity (Wildman–Crippen MR) is 101 cm³/mol. The normalized spacial score (nSPS) is 13.8. The van der Waals surface area contributed by atoms with Crippen LogP contribution in [0.1, 0.15) is 38.2 Å². The van der Waals surface area contributed by atoms with E-state index in [0.717, 1.165) is 12.1 Å². The molecule has 2 rings (SSSR count). The number of ether oxygens (including phenoxy) is 2. The first kappa shape index (κ1) is 21.9. The lowest BCUT2D eigenvalue weighted by Gasteiger charge is -2.09. The van der Waals surface area contributed by atoms with Crippen molar-refractivity contribution in [2.45, 2.75) is 38.6 Å². The second-order valence-electron chi connectivity index (χ2n) is 5.59. The molecule has 0 aliphatic heterocycles. The fourth-order valence-electron chi connectivity index (χ4n) is 2.55. The molecule has 26 heavy (non-hydrogen) atoms. The van der Waals surface area contributed by atoms with Gasteiger partial charge in [0.2, 0.25) is 0 Å². The highest BCUT2D eigenvalue weighted by Gasteiger charge is 2.10. The summed E-state index contributed by atoms with van der Waals surface area (Å²) in [4.78, 5) is 11.0. The molecule has 0 spiro atoms. The van der Waals surface area contributed by atoms with Crippen LogP contribution in [0.2, 0.25) is 0 Å². The summed E-state index contributed by atoms with van der Waals surface area (Å²) in [7, 11) is 0.822. The van der Waals surface area contributed by atoms with E-state index in [-0.39, 0.29) is 0 Å². The molecule has 1 N–H and O–H groups in total. The third-order valence-electron chi connectivity index (χ3n) is 3.83. The number of methoxy groups -OCH3 is 1. The molecule has 1 aliphatic rings. The first-order chi connectivity index (χ1) is 12.5. The molecule has 0 saturated heterocycles. The van der Waals surface area contributed by atoms with Crippen molar-refractivity contribution < 1.29 is 22.7 Å². The molecule has 8 heteroatoms. The van der Waals surface area contributed by atoms with Crippen molar-refractivity contribution in [3.05, 3.63) is 29.8 Å². The molecule has 1 saturated carbocycles. The summed E-state index contributed by atoms with van der Waals surface area (Å²) in [5.74, 6) is 0.279. The molecule has 0 radical (unpaired) electrons. The third-order valence-corrected chi connectivity index (χ3v) is 4.16. The van der Waals surface area contributed by atoms with Crippen LogP contribution in [0.5, 0.6) is 11.5 Å². The van der Waals surface area contributed by atoms with E-state index in [2.05, 4.69) is 16.7 Å². The number of nitrogens with zero attached hydrogens (tertiary/aromatic N) is 1.